The molecule has 0 aliphatic rings. The zero-order valence-corrected chi connectivity index (χ0v) is 14.9. The van der Waals surface area contributed by atoms with Crippen LogP contribution in [0.4, 0.5) is 5.69 Å². The van der Waals surface area contributed by atoms with Gasteiger partial charge in [0, 0.05) is 18.8 Å². The second-order valence-electron chi connectivity index (χ2n) is 5.04. The average Bonchev–Trinajstić information content (AvgIpc) is 2.92. The van der Waals surface area contributed by atoms with Crippen LogP contribution < -0.4 is 4.74 Å². The van der Waals surface area contributed by atoms with E-state index < -0.39 is 16.9 Å². The van der Waals surface area contributed by atoms with Gasteiger partial charge in [0.2, 0.25) is 0 Å². The molecule has 0 radical (unpaired) electrons. The highest BCUT2D eigenvalue weighted by Gasteiger charge is 2.30. The van der Waals surface area contributed by atoms with Crippen molar-refractivity contribution in [1.82, 2.24) is 4.57 Å². The van der Waals surface area contributed by atoms with E-state index in [-0.39, 0.29) is 22.4 Å². The van der Waals surface area contributed by atoms with Crippen LogP contribution in [-0.4, -0.2) is 40.8 Å². The number of nitro groups is 1. The Hall–Kier alpha value is -3.36. The molecule has 0 amide bonds. The average molecular weight is 364 g/mol. The Kier molecular flexibility index (Phi) is 6.88. The van der Waals surface area contributed by atoms with Gasteiger partial charge in [0.05, 0.1) is 35.6 Å². The first-order valence-corrected chi connectivity index (χ1v) is 7.51. The minimum atomic E-state index is -0.981. The molecule has 0 spiro atoms. The van der Waals surface area contributed by atoms with Gasteiger partial charge in [-0.15, -0.1) is 0 Å². The standard InChI is InChI=1S/C14H16N2O5.C3H4O2/c1-5-8-12(14(17)21-4)11-9(15(8)2)6-7-10(20-3)13(11)16(18)19;1-2-3(4)5/h6-7H,5H2,1-4H3;2H,1H2,(H,4,5). The summed E-state index contributed by atoms with van der Waals surface area (Å²) in [5, 5.41) is 19.3. The monoisotopic (exact) mass is 364 g/mol. The van der Waals surface area contributed by atoms with Gasteiger partial charge in [-0.05, 0) is 18.6 Å². The van der Waals surface area contributed by atoms with E-state index in [1.54, 1.807) is 17.7 Å². The lowest BCUT2D eigenvalue weighted by atomic mass is 10.1. The fraction of sp³-hybridized carbons (Fsp3) is 0.294. The maximum Gasteiger partial charge on any atom is 0.340 e. The van der Waals surface area contributed by atoms with Crippen molar-refractivity contribution in [2.45, 2.75) is 13.3 Å². The van der Waals surface area contributed by atoms with Crippen molar-refractivity contribution in [1.29, 1.82) is 0 Å². The second kappa shape index (κ2) is 8.65. The number of aryl methyl sites for hydroxylation is 1. The summed E-state index contributed by atoms with van der Waals surface area (Å²) in [6, 6.07) is 3.23. The van der Waals surface area contributed by atoms with Gasteiger partial charge in [-0.2, -0.15) is 0 Å². The first-order valence-electron chi connectivity index (χ1n) is 7.51. The van der Waals surface area contributed by atoms with Crippen LogP contribution in [0.3, 0.4) is 0 Å². The number of nitro benzene ring substituents is 1. The first-order chi connectivity index (χ1) is 12.2. The fourth-order valence-corrected chi connectivity index (χ4v) is 2.63. The number of rotatable bonds is 5. The molecule has 1 heterocycles. The lowest BCUT2D eigenvalue weighted by Crippen LogP contribution is -2.06. The maximum atomic E-state index is 12.1. The van der Waals surface area contributed by atoms with E-state index in [4.69, 9.17) is 14.6 Å². The van der Waals surface area contributed by atoms with E-state index in [0.717, 1.165) is 6.08 Å². The molecule has 2 rings (SSSR count). The van der Waals surface area contributed by atoms with Gasteiger partial charge in [-0.25, -0.2) is 9.59 Å². The number of fused-ring (bicyclic) bond motifs is 1. The number of esters is 1. The van der Waals surface area contributed by atoms with E-state index in [1.165, 1.54) is 20.3 Å². The molecule has 0 aliphatic heterocycles. The minimum Gasteiger partial charge on any atom is -0.490 e. The van der Waals surface area contributed by atoms with Crippen molar-refractivity contribution < 1.29 is 29.1 Å². The third kappa shape index (κ3) is 3.82. The van der Waals surface area contributed by atoms with Crippen molar-refractivity contribution in [2.24, 2.45) is 7.05 Å². The van der Waals surface area contributed by atoms with E-state index in [0.29, 0.717) is 17.6 Å². The number of nitrogens with zero attached hydrogens (tertiary/aromatic N) is 2. The highest BCUT2D eigenvalue weighted by atomic mass is 16.6. The third-order valence-electron chi connectivity index (χ3n) is 3.73. The quantitative estimate of drug-likeness (QED) is 0.375. The fourth-order valence-electron chi connectivity index (χ4n) is 2.63. The molecule has 1 N–H and O–H groups in total. The molecule has 0 bridgehead atoms. The predicted octanol–water partition coefficient (Wildman–Crippen LogP) is 2.70. The van der Waals surface area contributed by atoms with Gasteiger partial charge in [0.1, 0.15) is 0 Å². The number of aliphatic carboxylic acids is 1. The largest absolute Gasteiger partial charge is 0.490 e. The summed E-state index contributed by atoms with van der Waals surface area (Å²) in [6.45, 7) is 4.84. The number of ether oxygens (including phenoxy) is 2. The molecule has 1 aromatic heterocycles. The molecule has 0 saturated carbocycles. The Balaban J connectivity index is 0.000000597. The molecule has 9 nitrogen and oxygen atoms in total. The summed E-state index contributed by atoms with van der Waals surface area (Å²) in [5.74, 6) is -1.45. The molecule has 9 heteroatoms. The zero-order valence-electron chi connectivity index (χ0n) is 14.9. The normalized spacial score (nSPS) is 9.85. The topological polar surface area (TPSA) is 121 Å². The lowest BCUT2D eigenvalue weighted by molar-refractivity contribution is -0.384. The molecule has 140 valence electrons. The van der Waals surface area contributed by atoms with Gasteiger partial charge >= 0.3 is 17.6 Å². The number of methoxy groups -OCH3 is 2. The Bertz CT molecular complexity index is 868. The lowest BCUT2D eigenvalue weighted by Gasteiger charge is -2.04. The van der Waals surface area contributed by atoms with Gasteiger partial charge in [-0.1, -0.05) is 13.5 Å². The second-order valence-corrected chi connectivity index (χ2v) is 5.04. The maximum absolute atomic E-state index is 12.1. The number of carboxylic acids is 1. The minimum absolute atomic E-state index is 0.117. The number of hydrogen-bond donors (Lipinski definition) is 1. The smallest absolute Gasteiger partial charge is 0.340 e. The van der Waals surface area contributed by atoms with Crippen LogP contribution in [-0.2, 0) is 23.0 Å². The highest BCUT2D eigenvalue weighted by molar-refractivity contribution is 6.10. The Morgan fingerprint density at radius 3 is 2.35 bits per heavy atom. The van der Waals surface area contributed by atoms with Crippen molar-refractivity contribution in [3.63, 3.8) is 0 Å². The molecule has 2 aromatic rings. The van der Waals surface area contributed by atoms with Crippen LogP contribution in [0.25, 0.3) is 10.9 Å². The Morgan fingerprint density at radius 2 is 1.96 bits per heavy atom. The van der Waals surface area contributed by atoms with Crippen LogP contribution in [0.1, 0.15) is 23.0 Å². The molecule has 26 heavy (non-hydrogen) atoms. The molecule has 0 saturated heterocycles. The van der Waals surface area contributed by atoms with Crippen LogP contribution >= 0.6 is 0 Å². The molecular weight excluding hydrogens is 344 g/mol. The van der Waals surface area contributed by atoms with E-state index in [9.17, 15) is 19.7 Å². The zero-order chi connectivity index (χ0) is 20.0. The van der Waals surface area contributed by atoms with E-state index >= 15 is 0 Å². The summed E-state index contributed by atoms with van der Waals surface area (Å²) >= 11 is 0. The number of aromatic nitrogens is 1. The SMILES string of the molecule is C=CC(=O)O.CCc1c(C(=O)OC)c2c([N+](=O)[O-])c(OC)ccc2n1C. The molecule has 0 aliphatic carbocycles. The van der Waals surface area contributed by atoms with Crippen molar-refractivity contribution in [2.75, 3.05) is 14.2 Å². The first kappa shape index (κ1) is 20.7. The Labute approximate surface area is 149 Å². The van der Waals surface area contributed by atoms with Gasteiger partial charge in [0.15, 0.2) is 5.75 Å². The number of carboxylic acid groups (broad SMARTS) is 1. The summed E-state index contributed by atoms with van der Waals surface area (Å²) < 4.78 is 11.6. The molecule has 0 fully saturated rings. The van der Waals surface area contributed by atoms with E-state index in [1.807, 2.05) is 6.92 Å². The molecule has 0 unspecified atom stereocenters. The third-order valence-corrected chi connectivity index (χ3v) is 3.73. The van der Waals surface area contributed by atoms with Gasteiger partial charge in [-0.3, -0.25) is 10.1 Å². The summed E-state index contributed by atoms with van der Waals surface area (Å²) in [4.78, 5) is 32.2. The highest BCUT2D eigenvalue weighted by Crippen LogP contribution is 2.40. The molecular formula is C17H20N2O7. The number of carbonyl (C=O) groups excluding carboxylic acids is 1. The molecule has 1 aromatic carbocycles. The Morgan fingerprint density at radius 1 is 1.38 bits per heavy atom. The van der Waals surface area contributed by atoms with Crippen molar-refractivity contribution in [3.8, 4) is 5.75 Å². The van der Waals surface area contributed by atoms with Gasteiger partial charge in [0.25, 0.3) is 0 Å². The van der Waals surface area contributed by atoms with Crippen LogP contribution in [0.5, 0.6) is 5.75 Å². The van der Waals surface area contributed by atoms with Crippen molar-refractivity contribution >= 4 is 28.5 Å². The summed E-state index contributed by atoms with van der Waals surface area (Å²) in [6.07, 6.45) is 1.38. The van der Waals surface area contributed by atoms with Crippen molar-refractivity contribution in [3.05, 3.63) is 46.2 Å². The van der Waals surface area contributed by atoms with Crippen LogP contribution in [0, 0.1) is 10.1 Å². The summed E-state index contributed by atoms with van der Waals surface area (Å²) in [5.41, 5.74) is 1.29. The predicted molar refractivity (Wildman–Crippen MR) is 94.7 cm³/mol. The van der Waals surface area contributed by atoms with Gasteiger partial charge < -0.3 is 19.1 Å². The number of carbonyl (C=O) groups is 2. The number of benzene rings is 1. The number of hydrogen-bond acceptors (Lipinski definition) is 6. The summed E-state index contributed by atoms with van der Waals surface area (Å²) in [7, 11) is 4.38. The van der Waals surface area contributed by atoms with E-state index in [2.05, 4.69) is 6.58 Å². The molecule has 0 atom stereocenters. The van der Waals surface area contributed by atoms with Crippen LogP contribution in [0.15, 0.2) is 24.8 Å². The van der Waals surface area contributed by atoms with Crippen LogP contribution in [0.2, 0.25) is 0 Å².